The molecule has 1 fully saturated rings. The molecule has 1 heterocycles. The van der Waals surface area contributed by atoms with Crippen molar-refractivity contribution in [1.82, 2.24) is 4.90 Å². The number of carbonyl (C=O) groups is 2. The molecular weight excluding hydrogens is 272 g/mol. The van der Waals surface area contributed by atoms with E-state index in [4.69, 9.17) is 5.11 Å². The Morgan fingerprint density at radius 3 is 2.70 bits per heavy atom. The average Bonchev–Trinajstić information content (AvgIpc) is 2.87. The normalized spacial score (nSPS) is 18.4. The first kappa shape index (κ1) is 14.2. The number of hydrogen-bond acceptors (Lipinski definition) is 3. The first-order valence-corrected chi connectivity index (χ1v) is 6.08. The van der Waals surface area contributed by atoms with Gasteiger partial charge in [0.15, 0.2) is 0 Å². The maximum atomic E-state index is 12.3. The van der Waals surface area contributed by atoms with Gasteiger partial charge in [0, 0.05) is 6.54 Å². The van der Waals surface area contributed by atoms with Crippen molar-refractivity contribution >= 4 is 11.9 Å². The number of carbonyl (C=O) groups excluding carboxylic acids is 1. The van der Waals surface area contributed by atoms with E-state index in [9.17, 15) is 18.4 Å². The Balaban J connectivity index is 2.27. The van der Waals surface area contributed by atoms with Crippen LogP contribution in [0.15, 0.2) is 24.3 Å². The van der Waals surface area contributed by atoms with Crippen LogP contribution in [0, 0.1) is 0 Å². The van der Waals surface area contributed by atoms with E-state index in [1.807, 2.05) is 0 Å². The SMILES string of the molecule is O=C(O)C1CCCN1C(=O)c1ccccc1OC(F)F. The molecule has 1 saturated heterocycles. The lowest BCUT2D eigenvalue weighted by Crippen LogP contribution is -2.40. The average molecular weight is 285 g/mol. The molecule has 7 heteroatoms. The molecule has 0 bridgehead atoms. The van der Waals surface area contributed by atoms with E-state index in [2.05, 4.69) is 4.74 Å². The first-order valence-electron chi connectivity index (χ1n) is 6.08. The molecule has 0 aromatic heterocycles. The Hall–Kier alpha value is -2.18. The topological polar surface area (TPSA) is 66.8 Å². The fourth-order valence-corrected chi connectivity index (χ4v) is 2.26. The molecule has 0 saturated carbocycles. The highest BCUT2D eigenvalue weighted by Crippen LogP contribution is 2.26. The van der Waals surface area contributed by atoms with Gasteiger partial charge in [-0.2, -0.15) is 8.78 Å². The number of halogens is 2. The monoisotopic (exact) mass is 285 g/mol. The van der Waals surface area contributed by atoms with Gasteiger partial charge < -0.3 is 14.7 Å². The van der Waals surface area contributed by atoms with E-state index in [0.717, 1.165) is 0 Å². The Labute approximate surface area is 113 Å². The molecule has 108 valence electrons. The summed E-state index contributed by atoms with van der Waals surface area (Å²) in [6.07, 6.45) is 0.930. The van der Waals surface area contributed by atoms with Crippen molar-refractivity contribution in [3.05, 3.63) is 29.8 Å². The lowest BCUT2D eigenvalue weighted by molar-refractivity contribution is -0.141. The van der Waals surface area contributed by atoms with E-state index >= 15 is 0 Å². The molecule has 1 amide bonds. The highest BCUT2D eigenvalue weighted by atomic mass is 19.3. The smallest absolute Gasteiger partial charge is 0.387 e. The predicted molar refractivity (Wildman–Crippen MR) is 64.8 cm³/mol. The van der Waals surface area contributed by atoms with Crippen molar-refractivity contribution in [3.63, 3.8) is 0 Å². The van der Waals surface area contributed by atoms with Crippen LogP contribution in [0.25, 0.3) is 0 Å². The van der Waals surface area contributed by atoms with Gasteiger partial charge in [-0.25, -0.2) is 4.79 Å². The first-order chi connectivity index (χ1) is 9.50. The molecule has 0 spiro atoms. The van der Waals surface area contributed by atoms with Gasteiger partial charge in [-0.05, 0) is 25.0 Å². The van der Waals surface area contributed by atoms with Crippen LogP contribution >= 0.6 is 0 Å². The maximum Gasteiger partial charge on any atom is 0.387 e. The minimum absolute atomic E-state index is 0.0547. The molecule has 1 aromatic rings. The third kappa shape index (κ3) is 2.87. The molecule has 1 aliphatic heterocycles. The molecule has 1 atom stereocenters. The second-order valence-electron chi connectivity index (χ2n) is 4.37. The molecule has 2 rings (SSSR count). The van der Waals surface area contributed by atoms with E-state index in [1.165, 1.54) is 29.2 Å². The number of carboxylic acid groups (broad SMARTS) is 1. The molecule has 20 heavy (non-hydrogen) atoms. The molecule has 1 aliphatic rings. The van der Waals surface area contributed by atoms with Crippen LogP contribution < -0.4 is 4.74 Å². The number of aliphatic carboxylic acids is 1. The third-order valence-electron chi connectivity index (χ3n) is 3.13. The second kappa shape index (κ2) is 5.85. The number of carboxylic acids is 1. The summed E-state index contributed by atoms with van der Waals surface area (Å²) in [6, 6.07) is 4.66. The fraction of sp³-hybridized carbons (Fsp3) is 0.385. The van der Waals surface area contributed by atoms with Gasteiger partial charge >= 0.3 is 12.6 Å². The van der Waals surface area contributed by atoms with Crippen molar-refractivity contribution < 1.29 is 28.2 Å². The third-order valence-corrected chi connectivity index (χ3v) is 3.13. The molecule has 1 N–H and O–H groups in total. The van der Waals surface area contributed by atoms with Crippen LogP contribution in [0.3, 0.4) is 0 Å². The Morgan fingerprint density at radius 1 is 1.35 bits per heavy atom. The molecular formula is C13H13F2NO4. The lowest BCUT2D eigenvalue weighted by atomic mass is 10.1. The van der Waals surface area contributed by atoms with E-state index in [0.29, 0.717) is 19.4 Å². The number of nitrogens with zero attached hydrogens (tertiary/aromatic N) is 1. The quantitative estimate of drug-likeness (QED) is 0.918. The van der Waals surface area contributed by atoms with Crippen LogP contribution in [0.4, 0.5) is 8.78 Å². The van der Waals surface area contributed by atoms with Crippen molar-refractivity contribution in [3.8, 4) is 5.75 Å². The molecule has 0 radical (unpaired) electrons. The van der Waals surface area contributed by atoms with Crippen LogP contribution in [0.5, 0.6) is 5.75 Å². The summed E-state index contributed by atoms with van der Waals surface area (Å²) in [5, 5.41) is 9.05. The summed E-state index contributed by atoms with van der Waals surface area (Å²) >= 11 is 0. The minimum Gasteiger partial charge on any atom is -0.480 e. The summed E-state index contributed by atoms with van der Waals surface area (Å²) in [5.41, 5.74) is -0.0547. The zero-order chi connectivity index (χ0) is 14.7. The number of hydrogen-bond donors (Lipinski definition) is 1. The Morgan fingerprint density at radius 2 is 2.05 bits per heavy atom. The summed E-state index contributed by atoms with van der Waals surface area (Å²) in [5.74, 6) is -1.95. The number of likely N-dealkylation sites (tertiary alicyclic amines) is 1. The summed E-state index contributed by atoms with van der Waals surface area (Å²) < 4.78 is 28.9. The number of rotatable bonds is 4. The Bertz CT molecular complexity index is 521. The van der Waals surface area contributed by atoms with Gasteiger partial charge in [-0.15, -0.1) is 0 Å². The highest BCUT2D eigenvalue weighted by Gasteiger charge is 2.35. The van der Waals surface area contributed by atoms with Crippen LogP contribution in [0.1, 0.15) is 23.2 Å². The van der Waals surface area contributed by atoms with Gasteiger partial charge in [0.1, 0.15) is 11.8 Å². The standard InChI is InChI=1S/C13H13F2NO4/c14-13(15)20-10-6-2-1-4-8(10)11(17)16-7-3-5-9(16)12(18)19/h1-2,4,6,9,13H,3,5,7H2,(H,18,19). The molecule has 1 aromatic carbocycles. The fourth-order valence-electron chi connectivity index (χ4n) is 2.26. The van der Waals surface area contributed by atoms with E-state index in [1.54, 1.807) is 0 Å². The number of benzene rings is 1. The minimum atomic E-state index is -3.04. The van der Waals surface area contributed by atoms with E-state index < -0.39 is 24.5 Å². The van der Waals surface area contributed by atoms with E-state index in [-0.39, 0.29) is 11.3 Å². The number of amides is 1. The number of ether oxygens (including phenoxy) is 1. The summed E-state index contributed by atoms with van der Waals surface area (Å²) in [6.45, 7) is -2.75. The zero-order valence-electron chi connectivity index (χ0n) is 10.5. The van der Waals surface area contributed by atoms with Gasteiger partial charge in [0.2, 0.25) is 0 Å². The predicted octanol–water partition coefficient (Wildman–Crippen LogP) is 1.98. The van der Waals surface area contributed by atoms with Crippen molar-refractivity contribution in [2.24, 2.45) is 0 Å². The van der Waals surface area contributed by atoms with Crippen molar-refractivity contribution in [1.29, 1.82) is 0 Å². The highest BCUT2D eigenvalue weighted by molar-refractivity contribution is 5.99. The van der Waals surface area contributed by atoms with Crippen molar-refractivity contribution in [2.45, 2.75) is 25.5 Å². The van der Waals surface area contributed by atoms with Crippen LogP contribution in [-0.2, 0) is 4.79 Å². The van der Waals surface area contributed by atoms with Gasteiger partial charge in [-0.1, -0.05) is 12.1 Å². The Kier molecular flexibility index (Phi) is 4.16. The van der Waals surface area contributed by atoms with Gasteiger partial charge in [-0.3, -0.25) is 4.79 Å². The second-order valence-corrected chi connectivity index (χ2v) is 4.37. The maximum absolute atomic E-state index is 12.3. The molecule has 1 unspecified atom stereocenters. The largest absolute Gasteiger partial charge is 0.480 e. The summed E-state index contributed by atoms with van der Waals surface area (Å²) in [4.78, 5) is 24.5. The molecule has 5 nitrogen and oxygen atoms in total. The number of alkyl halides is 2. The lowest BCUT2D eigenvalue weighted by Gasteiger charge is -2.22. The van der Waals surface area contributed by atoms with Gasteiger partial charge in [0.25, 0.3) is 5.91 Å². The van der Waals surface area contributed by atoms with Crippen LogP contribution in [0.2, 0.25) is 0 Å². The van der Waals surface area contributed by atoms with Crippen molar-refractivity contribution in [2.75, 3.05) is 6.54 Å². The molecule has 0 aliphatic carbocycles. The number of para-hydroxylation sites is 1. The van der Waals surface area contributed by atoms with Gasteiger partial charge in [0.05, 0.1) is 5.56 Å². The zero-order valence-corrected chi connectivity index (χ0v) is 10.5. The van der Waals surface area contributed by atoms with Crippen LogP contribution in [-0.4, -0.2) is 41.1 Å². The summed E-state index contributed by atoms with van der Waals surface area (Å²) in [7, 11) is 0.